The van der Waals surface area contributed by atoms with Crippen LogP contribution in [-0.2, 0) is 0 Å². The smallest absolute Gasteiger partial charge is 0.00527 e. The fourth-order valence-electron chi connectivity index (χ4n) is 5.32. The van der Waals surface area contributed by atoms with Crippen LogP contribution in [0.2, 0.25) is 0 Å². The molecule has 3 aliphatic carbocycles. The molecule has 2 bridgehead atoms. The molecular weight excluding hydrogens is 252 g/mol. The lowest BCUT2D eigenvalue weighted by Gasteiger charge is -2.45. The van der Waals surface area contributed by atoms with Crippen molar-refractivity contribution in [2.45, 2.75) is 19.3 Å². The van der Waals surface area contributed by atoms with Gasteiger partial charge < -0.3 is 0 Å². The molecule has 0 radical (unpaired) electrons. The quantitative estimate of drug-likeness (QED) is 0.698. The van der Waals surface area contributed by atoms with Gasteiger partial charge in [-0.25, -0.2) is 0 Å². The normalized spacial score (nSPS) is 33.0. The van der Waals surface area contributed by atoms with E-state index in [1.165, 1.54) is 30.4 Å². The molecule has 0 heteroatoms. The minimum atomic E-state index is 0.848. The van der Waals surface area contributed by atoms with Crippen LogP contribution in [0.3, 0.4) is 0 Å². The Balaban J connectivity index is 1.70. The van der Waals surface area contributed by atoms with Gasteiger partial charge in [0.1, 0.15) is 0 Å². The van der Waals surface area contributed by atoms with Crippen LogP contribution in [-0.4, -0.2) is 0 Å². The molecule has 2 aromatic carbocycles. The van der Waals surface area contributed by atoms with Gasteiger partial charge in [-0.3, -0.25) is 0 Å². The summed E-state index contributed by atoms with van der Waals surface area (Å²) in [5, 5.41) is 0. The molecule has 0 aliphatic heterocycles. The van der Waals surface area contributed by atoms with Crippen LogP contribution in [0.15, 0.2) is 60.7 Å². The van der Waals surface area contributed by atoms with Crippen LogP contribution in [0.4, 0.5) is 0 Å². The highest BCUT2D eigenvalue weighted by molar-refractivity contribution is 6.00. The number of hydrogen-bond acceptors (Lipinski definition) is 0. The van der Waals surface area contributed by atoms with Crippen LogP contribution >= 0.6 is 0 Å². The molecule has 0 aromatic heterocycles. The molecule has 0 unspecified atom stereocenters. The zero-order valence-electron chi connectivity index (χ0n) is 12.2. The van der Waals surface area contributed by atoms with E-state index >= 15 is 0 Å². The van der Waals surface area contributed by atoms with Crippen molar-refractivity contribution in [1.82, 2.24) is 0 Å². The summed E-state index contributed by atoms with van der Waals surface area (Å²) < 4.78 is 0. The number of hydrogen-bond donors (Lipinski definition) is 0. The third kappa shape index (κ3) is 1.56. The molecule has 2 fully saturated rings. The zero-order valence-corrected chi connectivity index (χ0v) is 12.2. The predicted octanol–water partition coefficient (Wildman–Crippen LogP) is 5.27. The molecule has 2 aromatic rings. The molecule has 0 saturated heterocycles. The summed E-state index contributed by atoms with van der Waals surface area (Å²) in [5.74, 6) is 3.62. The van der Waals surface area contributed by atoms with Gasteiger partial charge in [-0.1, -0.05) is 60.7 Å². The summed E-state index contributed by atoms with van der Waals surface area (Å²) in [7, 11) is 0. The van der Waals surface area contributed by atoms with Crippen LogP contribution in [0.25, 0.3) is 11.1 Å². The van der Waals surface area contributed by atoms with E-state index in [9.17, 15) is 0 Å². The van der Waals surface area contributed by atoms with Crippen molar-refractivity contribution >= 4 is 11.1 Å². The van der Waals surface area contributed by atoms with Crippen molar-refractivity contribution < 1.29 is 0 Å². The Kier molecular flexibility index (Phi) is 2.44. The first kappa shape index (κ1) is 11.8. The molecule has 0 spiro atoms. The van der Waals surface area contributed by atoms with E-state index in [1.54, 1.807) is 11.1 Å². The van der Waals surface area contributed by atoms with Gasteiger partial charge >= 0.3 is 0 Å². The first-order valence-electron chi connectivity index (χ1n) is 8.28. The van der Waals surface area contributed by atoms with Crippen LogP contribution in [0, 0.1) is 23.7 Å². The highest BCUT2D eigenvalue weighted by atomic mass is 14.6. The Labute approximate surface area is 126 Å². The van der Waals surface area contributed by atoms with E-state index in [0.717, 1.165) is 23.7 Å². The monoisotopic (exact) mass is 272 g/mol. The topological polar surface area (TPSA) is 0 Å². The Morgan fingerprint density at radius 3 is 1.43 bits per heavy atom. The number of rotatable bonds is 2. The van der Waals surface area contributed by atoms with Crippen molar-refractivity contribution in [3.05, 3.63) is 71.8 Å². The van der Waals surface area contributed by atoms with Gasteiger partial charge in [0.2, 0.25) is 0 Å². The summed E-state index contributed by atoms with van der Waals surface area (Å²) in [5.41, 5.74) is 6.26. The number of allylic oxidation sites excluding steroid dienone is 2. The maximum Gasteiger partial charge on any atom is -0.00527 e. The van der Waals surface area contributed by atoms with Crippen molar-refractivity contribution in [3.8, 4) is 0 Å². The minimum absolute atomic E-state index is 0.848. The lowest BCUT2D eigenvalue weighted by atomic mass is 9.58. The summed E-state index contributed by atoms with van der Waals surface area (Å²) in [6.45, 7) is 0. The van der Waals surface area contributed by atoms with Gasteiger partial charge in [-0.15, -0.1) is 0 Å². The van der Waals surface area contributed by atoms with E-state index in [2.05, 4.69) is 60.7 Å². The lowest BCUT2D eigenvalue weighted by molar-refractivity contribution is 0.312. The molecule has 2 saturated carbocycles. The lowest BCUT2D eigenvalue weighted by Crippen LogP contribution is -2.34. The summed E-state index contributed by atoms with van der Waals surface area (Å²) >= 11 is 0. The standard InChI is InChI=1S/C21H20/c1-3-7-14(8-4-1)18-19(15-9-5-2-6-10-15)21-17-12-11-16(13-17)20(18)21/h1-10,16-17,20-21H,11-13H2/t16-,17+,20-,21+. The summed E-state index contributed by atoms with van der Waals surface area (Å²) in [6.07, 6.45) is 4.40. The van der Waals surface area contributed by atoms with Gasteiger partial charge in [0.15, 0.2) is 0 Å². The molecular formula is C21H20. The Bertz CT molecular complexity index is 634. The van der Waals surface area contributed by atoms with Crippen LogP contribution in [0.5, 0.6) is 0 Å². The zero-order chi connectivity index (χ0) is 13.8. The SMILES string of the molecule is c1ccc(C2=C(c3ccccc3)[C@H]3[C@@H]4CC[C@@H](C4)[C@@H]23)cc1. The second kappa shape index (κ2) is 4.34. The van der Waals surface area contributed by atoms with Crippen molar-refractivity contribution in [1.29, 1.82) is 0 Å². The maximum absolute atomic E-state index is 2.31. The maximum atomic E-state index is 2.31. The van der Waals surface area contributed by atoms with Gasteiger partial charge in [0, 0.05) is 0 Å². The fourth-order valence-corrected chi connectivity index (χ4v) is 5.32. The summed E-state index contributed by atoms with van der Waals surface area (Å²) in [6, 6.07) is 22.2. The van der Waals surface area contributed by atoms with Gasteiger partial charge in [-0.05, 0) is 65.2 Å². The first-order chi connectivity index (χ1) is 10.4. The molecule has 21 heavy (non-hydrogen) atoms. The Morgan fingerprint density at radius 1 is 0.571 bits per heavy atom. The van der Waals surface area contributed by atoms with Crippen LogP contribution in [0.1, 0.15) is 30.4 Å². The minimum Gasteiger partial charge on any atom is -0.0622 e. The average molecular weight is 272 g/mol. The first-order valence-corrected chi connectivity index (χ1v) is 8.28. The summed E-state index contributed by atoms with van der Waals surface area (Å²) in [4.78, 5) is 0. The molecule has 0 heterocycles. The van der Waals surface area contributed by atoms with E-state index in [-0.39, 0.29) is 0 Å². The third-order valence-corrected chi connectivity index (χ3v) is 6.04. The van der Waals surface area contributed by atoms with E-state index in [0.29, 0.717) is 0 Å². The molecule has 0 amide bonds. The van der Waals surface area contributed by atoms with Crippen molar-refractivity contribution in [3.63, 3.8) is 0 Å². The highest BCUT2D eigenvalue weighted by Crippen LogP contribution is 2.68. The van der Waals surface area contributed by atoms with Crippen molar-refractivity contribution in [2.24, 2.45) is 23.7 Å². The average Bonchev–Trinajstić information content (AvgIpc) is 3.07. The molecule has 4 atom stereocenters. The second-order valence-electron chi connectivity index (χ2n) is 6.94. The fraction of sp³-hybridized carbons (Fsp3) is 0.333. The molecule has 0 nitrogen and oxygen atoms in total. The van der Waals surface area contributed by atoms with E-state index in [4.69, 9.17) is 0 Å². The third-order valence-electron chi connectivity index (χ3n) is 6.04. The van der Waals surface area contributed by atoms with Crippen LogP contribution < -0.4 is 0 Å². The largest absolute Gasteiger partial charge is 0.0622 e. The van der Waals surface area contributed by atoms with Gasteiger partial charge in [0.25, 0.3) is 0 Å². The Morgan fingerprint density at radius 2 is 1.00 bits per heavy atom. The van der Waals surface area contributed by atoms with Gasteiger partial charge in [-0.2, -0.15) is 0 Å². The molecule has 104 valence electrons. The molecule has 3 aliphatic rings. The van der Waals surface area contributed by atoms with E-state index < -0.39 is 0 Å². The highest BCUT2D eigenvalue weighted by Gasteiger charge is 2.56. The van der Waals surface area contributed by atoms with E-state index in [1.807, 2.05) is 0 Å². The number of fused-ring (bicyclic) bond motifs is 5. The predicted molar refractivity (Wildman–Crippen MR) is 87.5 cm³/mol. The molecule has 5 rings (SSSR count). The van der Waals surface area contributed by atoms with Crippen molar-refractivity contribution in [2.75, 3.05) is 0 Å². The van der Waals surface area contributed by atoms with Gasteiger partial charge in [0.05, 0.1) is 0 Å². The Hall–Kier alpha value is -1.82. The molecule has 0 N–H and O–H groups in total. The second-order valence-corrected chi connectivity index (χ2v) is 6.94. The number of benzene rings is 2.